The Hall–Kier alpha value is -2.70. The van der Waals surface area contributed by atoms with Crippen molar-refractivity contribution in [1.29, 1.82) is 0 Å². The third-order valence-electron chi connectivity index (χ3n) is 9.96. The van der Waals surface area contributed by atoms with Crippen molar-refractivity contribution in [3.8, 4) is 11.5 Å². The largest absolute Gasteiger partial charge is 0.496 e. The molecule has 1 aromatic carbocycles. The summed E-state index contributed by atoms with van der Waals surface area (Å²) in [4.78, 5) is 24.7. The van der Waals surface area contributed by atoms with Gasteiger partial charge in [0.05, 0.1) is 20.3 Å². The van der Waals surface area contributed by atoms with Gasteiger partial charge in [-0.1, -0.05) is 12.2 Å². The highest BCUT2D eigenvalue weighted by atomic mass is 16.5. The van der Waals surface area contributed by atoms with Crippen LogP contribution in [-0.2, 0) is 7.05 Å². The van der Waals surface area contributed by atoms with Crippen LogP contribution >= 0.6 is 0 Å². The Morgan fingerprint density at radius 2 is 1.70 bits per heavy atom. The Morgan fingerprint density at radius 3 is 2.33 bits per heavy atom. The van der Waals surface area contributed by atoms with Gasteiger partial charge in [0.25, 0.3) is 0 Å². The zero-order valence-corrected chi connectivity index (χ0v) is 17.1. The fraction of sp³-hybridized carbons (Fsp3) is 0.565. The van der Waals surface area contributed by atoms with Crippen LogP contribution in [0.4, 0.5) is 0 Å². The highest BCUT2D eigenvalue weighted by Gasteiger charge is 3.01. The first-order valence-corrected chi connectivity index (χ1v) is 10.8. The Balaban J connectivity index is 1.35. The second kappa shape index (κ2) is 4.34. The van der Waals surface area contributed by atoms with E-state index in [2.05, 4.69) is 29.4 Å². The normalized spacial score (nSPS) is 46.4. The summed E-state index contributed by atoms with van der Waals surface area (Å²) < 4.78 is 14.4. The van der Waals surface area contributed by atoms with Crippen LogP contribution in [0.2, 0.25) is 0 Å². The summed E-state index contributed by atoms with van der Waals surface area (Å²) in [6.07, 6.45) is 5.52. The standard InChI is InChI=1S/C23H23N3O4/c1-25-20(27)24-26(21(25)28)9-6-7-22-17-12-10(29-2)4-5-11(30-3)13(12)18-15-14(17)16(15)19(22)23(18,22)8-9/h4-7,9,14-19H,8H2,1-3H3,(H,24,27)/t9-,14+,15-,16-,17-,18+,19-,22+,23-/m0/s1. The van der Waals surface area contributed by atoms with Crippen molar-refractivity contribution in [2.75, 3.05) is 14.2 Å². The van der Waals surface area contributed by atoms with Crippen LogP contribution in [0.1, 0.15) is 35.4 Å². The summed E-state index contributed by atoms with van der Waals surface area (Å²) in [5.74, 6) is 5.93. The number of methoxy groups -OCH3 is 2. The molecule has 0 saturated heterocycles. The van der Waals surface area contributed by atoms with Gasteiger partial charge in [-0.05, 0) is 53.6 Å². The molecular weight excluding hydrogens is 382 g/mol. The molecule has 0 amide bonds. The molecule has 9 rings (SSSR count). The average molecular weight is 405 g/mol. The SMILES string of the molecule is COc1ccc(OC)c2c1[C@@H]1[C@H]3[C@@H]4[C@@H]3[C@H]3[C@@]5(C=C[C@H](n6[nH]c(=O)n(C)c6=O)C[C@]135)[C@@H]24. The first kappa shape index (κ1) is 16.1. The van der Waals surface area contributed by atoms with Gasteiger partial charge in [-0.2, -0.15) is 0 Å². The van der Waals surface area contributed by atoms with Gasteiger partial charge in [-0.3, -0.25) is 0 Å². The van der Waals surface area contributed by atoms with E-state index in [0.717, 1.165) is 40.2 Å². The van der Waals surface area contributed by atoms with Crippen molar-refractivity contribution >= 4 is 0 Å². The third-order valence-corrected chi connectivity index (χ3v) is 9.96. The van der Waals surface area contributed by atoms with E-state index < -0.39 is 0 Å². The van der Waals surface area contributed by atoms with Gasteiger partial charge in [0.1, 0.15) is 11.5 Å². The number of hydrogen-bond acceptors (Lipinski definition) is 4. The minimum Gasteiger partial charge on any atom is -0.496 e. The van der Waals surface area contributed by atoms with Crippen molar-refractivity contribution in [3.05, 3.63) is 56.4 Å². The van der Waals surface area contributed by atoms with Crippen molar-refractivity contribution in [3.63, 3.8) is 0 Å². The minimum atomic E-state index is -0.352. The third kappa shape index (κ3) is 1.23. The Bertz CT molecular complexity index is 1330. The Labute approximate surface area is 172 Å². The summed E-state index contributed by atoms with van der Waals surface area (Å²) in [7, 11) is 5.06. The van der Waals surface area contributed by atoms with Crippen LogP contribution in [0, 0.1) is 34.5 Å². The molecule has 1 aromatic heterocycles. The molecule has 4 saturated carbocycles. The summed E-state index contributed by atoms with van der Waals surface area (Å²) in [6, 6.07) is 4.02. The van der Waals surface area contributed by atoms with E-state index in [0.29, 0.717) is 17.8 Å². The maximum atomic E-state index is 12.6. The van der Waals surface area contributed by atoms with E-state index in [1.165, 1.54) is 22.9 Å². The van der Waals surface area contributed by atoms with Gasteiger partial charge in [-0.25, -0.2) is 23.9 Å². The van der Waals surface area contributed by atoms with Crippen LogP contribution in [0.25, 0.3) is 0 Å². The molecule has 1 N–H and O–H groups in total. The predicted molar refractivity (Wildman–Crippen MR) is 107 cm³/mol. The first-order valence-electron chi connectivity index (χ1n) is 10.8. The van der Waals surface area contributed by atoms with Crippen LogP contribution in [-0.4, -0.2) is 28.6 Å². The quantitative estimate of drug-likeness (QED) is 0.790. The number of nitrogens with zero attached hydrogens (tertiary/aromatic N) is 2. The van der Waals surface area contributed by atoms with Crippen molar-refractivity contribution in [2.24, 2.45) is 41.5 Å². The molecule has 9 atom stereocenters. The molecule has 1 heterocycles. The Morgan fingerprint density at radius 1 is 1.03 bits per heavy atom. The zero-order chi connectivity index (χ0) is 20.3. The van der Waals surface area contributed by atoms with Gasteiger partial charge < -0.3 is 9.47 Å². The minimum absolute atomic E-state index is 0.0973. The zero-order valence-electron chi connectivity index (χ0n) is 17.1. The molecule has 0 unspecified atom stereocenters. The number of nitrogens with one attached hydrogen (secondary N) is 1. The molecule has 30 heavy (non-hydrogen) atoms. The second-order valence-electron chi connectivity index (χ2n) is 10.2. The average Bonchev–Trinajstić information content (AvgIpc) is 3.53. The molecule has 7 aliphatic carbocycles. The summed E-state index contributed by atoms with van der Waals surface area (Å²) in [5.41, 5.74) is 2.51. The van der Waals surface area contributed by atoms with Gasteiger partial charge in [0.15, 0.2) is 0 Å². The molecule has 7 heteroatoms. The van der Waals surface area contributed by atoms with Crippen LogP contribution < -0.4 is 20.9 Å². The van der Waals surface area contributed by atoms with Crippen molar-refractivity contribution in [1.82, 2.24) is 14.3 Å². The van der Waals surface area contributed by atoms with Crippen LogP contribution in [0.5, 0.6) is 11.5 Å². The topological polar surface area (TPSA) is 78.2 Å². The molecule has 7 aliphatic rings. The molecule has 4 fully saturated rings. The number of H-pyrrole nitrogens is 1. The number of rotatable bonds is 3. The molecule has 0 radical (unpaired) electrons. The smallest absolute Gasteiger partial charge is 0.347 e. The predicted octanol–water partition coefficient (Wildman–Crippen LogP) is 1.77. The number of aromatic nitrogens is 3. The number of benzene rings is 1. The van der Waals surface area contributed by atoms with Crippen molar-refractivity contribution in [2.45, 2.75) is 24.3 Å². The van der Waals surface area contributed by atoms with E-state index in [9.17, 15) is 9.59 Å². The lowest BCUT2D eigenvalue weighted by molar-refractivity contribution is 0.131. The highest BCUT2D eigenvalue weighted by molar-refractivity contribution is 5.70. The molecule has 0 aliphatic heterocycles. The monoisotopic (exact) mass is 405 g/mol. The van der Waals surface area contributed by atoms with E-state index in [1.54, 1.807) is 14.2 Å². The maximum absolute atomic E-state index is 12.6. The van der Waals surface area contributed by atoms with E-state index in [-0.39, 0.29) is 28.3 Å². The van der Waals surface area contributed by atoms with E-state index in [4.69, 9.17) is 9.47 Å². The number of aromatic amines is 1. The van der Waals surface area contributed by atoms with E-state index in [1.807, 2.05) is 0 Å². The Kier molecular flexibility index (Phi) is 2.32. The number of hydrogen-bond donors (Lipinski definition) is 1. The molecular formula is C23H23N3O4. The molecule has 154 valence electrons. The molecule has 7 nitrogen and oxygen atoms in total. The van der Waals surface area contributed by atoms with Crippen LogP contribution in [0.3, 0.4) is 0 Å². The van der Waals surface area contributed by atoms with Gasteiger partial charge in [0, 0.05) is 29.5 Å². The molecule has 2 bridgehead atoms. The van der Waals surface area contributed by atoms with E-state index >= 15 is 0 Å². The molecule has 2 aromatic rings. The lowest BCUT2D eigenvalue weighted by Crippen LogP contribution is -2.43. The van der Waals surface area contributed by atoms with Gasteiger partial charge in [0.2, 0.25) is 0 Å². The molecule has 2 spiro atoms. The maximum Gasteiger partial charge on any atom is 0.347 e. The highest BCUT2D eigenvalue weighted by Crippen LogP contribution is 3.06. The lowest BCUT2D eigenvalue weighted by Gasteiger charge is -2.50. The van der Waals surface area contributed by atoms with Gasteiger partial charge >= 0.3 is 11.4 Å². The van der Waals surface area contributed by atoms with Gasteiger partial charge in [-0.15, -0.1) is 0 Å². The first-order chi connectivity index (χ1) is 14.5. The fourth-order valence-electron chi connectivity index (χ4n) is 9.46. The lowest BCUT2D eigenvalue weighted by atomic mass is 9.53. The summed E-state index contributed by atoms with van der Waals surface area (Å²) in [5, 5.41) is 2.77. The second-order valence-corrected chi connectivity index (χ2v) is 10.2. The summed E-state index contributed by atoms with van der Waals surface area (Å²) in [6.45, 7) is 0. The summed E-state index contributed by atoms with van der Waals surface area (Å²) >= 11 is 0. The van der Waals surface area contributed by atoms with Crippen molar-refractivity contribution < 1.29 is 9.47 Å². The van der Waals surface area contributed by atoms with Crippen LogP contribution in [0.15, 0.2) is 33.9 Å². The fourth-order valence-corrected chi connectivity index (χ4v) is 9.46. The number of ether oxygens (including phenoxy) is 2. The number of allylic oxidation sites excluding steroid dienone is 2.